The molecule has 0 bridgehead atoms. The van der Waals surface area contributed by atoms with Crippen molar-refractivity contribution in [2.75, 3.05) is 0 Å². The molecule has 1 aliphatic rings. The number of furan rings is 1. The maximum Gasteiger partial charge on any atom is 0.136 e. The Kier molecular flexibility index (Phi) is 4.59. The highest BCUT2D eigenvalue weighted by molar-refractivity contribution is 6.20. The van der Waals surface area contributed by atoms with E-state index < -0.39 is 0 Å². The molecule has 0 spiro atoms. The quantitative estimate of drug-likeness (QED) is 0.235. The van der Waals surface area contributed by atoms with Crippen molar-refractivity contribution in [1.29, 1.82) is 0 Å². The Morgan fingerprint density at radius 1 is 0.605 bits per heavy atom. The second-order valence-electron chi connectivity index (χ2n) is 10.1. The number of rotatable bonds is 2. The Bertz CT molecular complexity index is 2090. The van der Waals surface area contributed by atoms with Gasteiger partial charge in [-0.2, -0.15) is 0 Å². The molecule has 8 rings (SSSR count). The van der Waals surface area contributed by atoms with E-state index in [4.69, 9.17) is 4.42 Å². The number of fused-ring (bicyclic) bond motifs is 6. The molecule has 1 aliphatic carbocycles. The first-order chi connectivity index (χ1) is 18.8. The Hall–Kier alpha value is -4.69. The normalized spacial score (nSPS) is 13.1. The van der Waals surface area contributed by atoms with Crippen LogP contribution in [0.2, 0.25) is 0 Å². The summed E-state index contributed by atoms with van der Waals surface area (Å²) in [5.41, 5.74) is 8.18. The first kappa shape index (κ1) is 21.4. The summed E-state index contributed by atoms with van der Waals surface area (Å²) < 4.78 is 21.7. The zero-order valence-corrected chi connectivity index (χ0v) is 20.7. The topological polar surface area (TPSA) is 13.1 Å². The molecule has 180 valence electrons. The number of benzene rings is 6. The van der Waals surface area contributed by atoms with Crippen LogP contribution < -0.4 is 0 Å². The van der Waals surface area contributed by atoms with Gasteiger partial charge in [-0.3, -0.25) is 0 Å². The van der Waals surface area contributed by atoms with Crippen LogP contribution in [0.5, 0.6) is 0 Å². The molecule has 0 aliphatic heterocycles. The lowest BCUT2D eigenvalue weighted by Crippen LogP contribution is -2.03. The lowest BCUT2D eigenvalue weighted by atomic mass is 9.79. The summed E-state index contributed by atoms with van der Waals surface area (Å²) in [6.07, 6.45) is 6.27. The Balaban J connectivity index is 1.54. The van der Waals surface area contributed by atoms with Gasteiger partial charge in [0.2, 0.25) is 0 Å². The van der Waals surface area contributed by atoms with Gasteiger partial charge in [0.25, 0.3) is 0 Å². The van der Waals surface area contributed by atoms with Gasteiger partial charge in [-0.1, -0.05) is 91.0 Å². The van der Waals surface area contributed by atoms with Crippen LogP contribution >= 0.6 is 0 Å². The predicted octanol–water partition coefficient (Wildman–Crippen LogP) is 10.3. The van der Waals surface area contributed by atoms with E-state index in [2.05, 4.69) is 91.0 Å². The Morgan fingerprint density at radius 2 is 1.32 bits per heavy atom. The van der Waals surface area contributed by atoms with Crippen LogP contribution in [0.15, 0.2) is 114 Å². The summed E-state index contributed by atoms with van der Waals surface area (Å²) in [4.78, 5) is 0. The van der Waals surface area contributed by atoms with E-state index in [1.807, 2.05) is 12.1 Å². The fraction of sp³-hybridized carbons (Fsp3) is 0.0556. The zero-order chi connectivity index (χ0) is 25.2. The molecule has 0 amide bonds. The van der Waals surface area contributed by atoms with E-state index in [0.29, 0.717) is 5.56 Å². The third-order valence-electron chi connectivity index (χ3n) is 7.98. The van der Waals surface area contributed by atoms with Gasteiger partial charge in [0.1, 0.15) is 17.0 Å². The SMILES string of the molecule is Fc1ccccc1-c1c2c(c(-c3cccc4oc5cc6ccccc6cc5c34)c3ccccc13)CCC=C2. The summed E-state index contributed by atoms with van der Waals surface area (Å²) in [6.45, 7) is 0. The van der Waals surface area contributed by atoms with E-state index >= 15 is 4.39 Å². The third-order valence-corrected chi connectivity index (χ3v) is 7.98. The molecular weight excluding hydrogens is 467 g/mol. The van der Waals surface area contributed by atoms with Crippen molar-refractivity contribution in [2.24, 2.45) is 0 Å². The van der Waals surface area contributed by atoms with Crippen molar-refractivity contribution < 1.29 is 8.81 Å². The van der Waals surface area contributed by atoms with Crippen molar-refractivity contribution >= 4 is 49.6 Å². The van der Waals surface area contributed by atoms with Gasteiger partial charge in [-0.25, -0.2) is 4.39 Å². The highest BCUT2D eigenvalue weighted by atomic mass is 19.1. The van der Waals surface area contributed by atoms with Crippen LogP contribution in [0.3, 0.4) is 0 Å². The molecule has 2 heteroatoms. The molecule has 1 heterocycles. The highest BCUT2D eigenvalue weighted by Gasteiger charge is 2.24. The highest BCUT2D eigenvalue weighted by Crippen LogP contribution is 2.48. The summed E-state index contributed by atoms with van der Waals surface area (Å²) in [5.74, 6) is -0.193. The van der Waals surface area contributed by atoms with E-state index in [9.17, 15) is 0 Å². The minimum atomic E-state index is -0.193. The molecule has 38 heavy (non-hydrogen) atoms. The molecule has 1 aromatic heterocycles. The van der Waals surface area contributed by atoms with Gasteiger partial charge >= 0.3 is 0 Å². The number of allylic oxidation sites excluding steroid dienone is 1. The minimum absolute atomic E-state index is 0.193. The van der Waals surface area contributed by atoms with Crippen LogP contribution in [0.4, 0.5) is 4.39 Å². The minimum Gasteiger partial charge on any atom is -0.456 e. The van der Waals surface area contributed by atoms with Gasteiger partial charge in [-0.05, 0) is 86.5 Å². The van der Waals surface area contributed by atoms with E-state index in [0.717, 1.165) is 56.7 Å². The molecule has 0 saturated carbocycles. The Labute approximate surface area is 219 Å². The summed E-state index contributed by atoms with van der Waals surface area (Å²) in [5, 5.41) is 6.83. The first-order valence-electron chi connectivity index (χ1n) is 13.1. The fourth-order valence-corrected chi connectivity index (χ4v) is 6.37. The van der Waals surface area contributed by atoms with Crippen molar-refractivity contribution in [2.45, 2.75) is 12.8 Å². The smallest absolute Gasteiger partial charge is 0.136 e. The lowest BCUT2D eigenvalue weighted by molar-refractivity contribution is 0.631. The zero-order valence-electron chi connectivity index (χ0n) is 20.7. The number of hydrogen-bond acceptors (Lipinski definition) is 1. The van der Waals surface area contributed by atoms with Gasteiger partial charge in [0, 0.05) is 16.3 Å². The second-order valence-corrected chi connectivity index (χ2v) is 10.1. The van der Waals surface area contributed by atoms with E-state index in [1.165, 1.54) is 27.5 Å². The fourth-order valence-electron chi connectivity index (χ4n) is 6.37. The van der Waals surface area contributed by atoms with Crippen LogP contribution in [0, 0.1) is 5.82 Å². The molecular formula is C36H23FO. The second kappa shape index (κ2) is 8.16. The van der Waals surface area contributed by atoms with E-state index in [1.54, 1.807) is 12.1 Å². The number of halogens is 1. The first-order valence-corrected chi connectivity index (χ1v) is 13.1. The third kappa shape index (κ3) is 3.04. The predicted molar refractivity (Wildman–Crippen MR) is 157 cm³/mol. The van der Waals surface area contributed by atoms with Gasteiger partial charge in [0.05, 0.1) is 0 Å². The van der Waals surface area contributed by atoms with Crippen molar-refractivity contribution in [1.82, 2.24) is 0 Å². The van der Waals surface area contributed by atoms with E-state index in [-0.39, 0.29) is 5.82 Å². The maximum absolute atomic E-state index is 15.2. The molecule has 1 nitrogen and oxygen atoms in total. The summed E-state index contributed by atoms with van der Waals surface area (Å²) in [6, 6.07) is 34.8. The Morgan fingerprint density at radius 3 is 2.16 bits per heavy atom. The lowest BCUT2D eigenvalue weighted by Gasteiger charge is -2.24. The molecule has 6 aromatic carbocycles. The molecule has 0 atom stereocenters. The summed E-state index contributed by atoms with van der Waals surface area (Å²) in [7, 11) is 0. The molecule has 0 fully saturated rings. The standard InChI is InChI=1S/C36H23FO/c37-31-18-8-7-16-28(31)34-24-12-3-5-14-26(24)35(27-15-6-4-13-25(27)34)29-17-9-19-32-36(29)30-20-22-10-1-2-11-23(22)21-33(30)38-32/h1-5,7-14,16-21H,6,15H2. The van der Waals surface area contributed by atoms with Gasteiger partial charge < -0.3 is 4.42 Å². The monoisotopic (exact) mass is 490 g/mol. The average molecular weight is 491 g/mol. The molecule has 7 aromatic rings. The average Bonchev–Trinajstić information content (AvgIpc) is 3.33. The van der Waals surface area contributed by atoms with Crippen LogP contribution in [0.1, 0.15) is 17.5 Å². The maximum atomic E-state index is 15.2. The van der Waals surface area contributed by atoms with Crippen LogP contribution in [0.25, 0.3) is 71.8 Å². The van der Waals surface area contributed by atoms with Crippen molar-refractivity contribution in [3.8, 4) is 22.3 Å². The van der Waals surface area contributed by atoms with Crippen molar-refractivity contribution in [3.63, 3.8) is 0 Å². The van der Waals surface area contributed by atoms with Crippen LogP contribution in [-0.4, -0.2) is 0 Å². The number of hydrogen-bond donors (Lipinski definition) is 0. The molecule has 0 saturated heterocycles. The summed E-state index contributed by atoms with van der Waals surface area (Å²) >= 11 is 0. The molecule has 0 radical (unpaired) electrons. The molecule has 0 N–H and O–H groups in total. The molecule has 0 unspecified atom stereocenters. The largest absolute Gasteiger partial charge is 0.456 e. The van der Waals surface area contributed by atoms with Crippen molar-refractivity contribution in [3.05, 3.63) is 126 Å². The van der Waals surface area contributed by atoms with Gasteiger partial charge in [-0.15, -0.1) is 0 Å². The van der Waals surface area contributed by atoms with Gasteiger partial charge in [0.15, 0.2) is 0 Å². The van der Waals surface area contributed by atoms with Crippen LogP contribution in [-0.2, 0) is 6.42 Å².